The fraction of sp³-hybridized carbons (Fsp3) is 0.167. The number of imidazole rings is 1. The maximum atomic E-state index is 5.34. The van der Waals surface area contributed by atoms with Gasteiger partial charge in [0.05, 0.1) is 23.5 Å². The minimum absolute atomic E-state index is 0.806. The fourth-order valence-electron chi connectivity index (χ4n) is 1.88. The van der Waals surface area contributed by atoms with Gasteiger partial charge < -0.3 is 9.51 Å². The average molecular weight is 245 g/mol. The standard InChI is InChI=1S/C12H11N3OS/c1-7-13-6-10(15-7)8-3-4-11(17-2)9-5-14-16-12(8)9/h3-6H,1-2H3,(H,13,15). The van der Waals surface area contributed by atoms with Gasteiger partial charge in [-0.1, -0.05) is 5.16 Å². The van der Waals surface area contributed by atoms with Crippen molar-refractivity contribution in [3.8, 4) is 11.3 Å². The van der Waals surface area contributed by atoms with Crippen LogP contribution in [0.25, 0.3) is 22.2 Å². The van der Waals surface area contributed by atoms with Crippen molar-refractivity contribution in [2.24, 2.45) is 0 Å². The van der Waals surface area contributed by atoms with Crippen LogP contribution in [0.2, 0.25) is 0 Å². The van der Waals surface area contributed by atoms with Crippen LogP contribution in [-0.2, 0) is 0 Å². The lowest BCUT2D eigenvalue weighted by molar-refractivity contribution is 0.457. The molecule has 3 aromatic rings. The van der Waals surface area contributed by atoms with E-state index in [1.54, 1.807) is 18.0 Å². The molecule has 2 heterocycles. The number of nitrogens with one attached hydrogen (secondary N) is 1. The maximum Gasteiger partial charge on any atom is 0.177 e. The Bertz CT molecular complexity index is 671. The van der Waals surface area contributed by atoms with Gasteiger partial charge in [-0.25, -0.2) is 4.98 Å². The van der Waals surface area contributed by atoms with E-state index in [1.165, 1.54) is 4.90 Å². The van der Waals surface area contributed by atoms with Crippen molar-refractivity contribution in [2.45, 2.75) is 11.8 Å². The van der Waals surface area contributed by atoms with Crippen LogP contribution in [0.5, 0.6) is 0 Å². The topological polar surface area (TPSA) is 54.7 Å². The maximum absolute atomic E-state index is 5.34. The summed E-state index contributed by atoms with van der Waals surface area (Å²) in [6, 6.07) is 4.11. The number of rotatable bonds is 2. The molecule has 0 saturated carbocycles. The summed E-state index contributed by atoms with van der Waals surface area (Å²) >= 11 is 1.69. The summed E-state index contributed by atoms with van der Waals surface area (Å²) in [4.78, 5) is 8.58. The van der Waals surface area contributed by atoms with Gasteiger partial charge in [0, 0.05) is 10.5 Å². The second kappa shape index (κ2) is 3.92. The molecule has 4 nitrogen and oxygen atoms in total. The van der Waals surface area contributed by atoms with E-state index in [0.29, 0.717) is 0 Å². The highest BCUT2D eigenvalue weighted by atomic mass is 32.2. The van der Waals surface area contributed by atoms with Crippen molar-refractivity contribution >= 4 is 22.7 Å². The van der Waals surface area contributed by atoms with Gasteiger partial charge in [0.15, 0.2) is 5.58 Å². The molecule has 0 unspecified atom stereocenters. The zero-order chi connectivity index (χ0) is 11.8. The van der Waals surface area contributed by atoms with Crippen molar-refractivity contribution in [2.75, 3.05) is 6.26 Å². The van der Waals surface area contributed by atoms with Gasteiger partial charge >= 0.3 is 0 Å². The van der Waals surface area contributed by atoms with E-state index in [-0.39, 0.29) is 0 Å². The molecule has 17 heavy (non-hydrogen) atoms. The third kappa shape index (κ3) is 1.63. The fourth-order valence-corrected chi connectivity index (χ4v) is 2.45. The summed E-state index contributed by atoms with van der Waals surface area (Å²) in [5, 5.41) is 4.92. The molecule has 1 N–H and O–H groups in total. The largest absolute Gasteiger partial charge is 0.356 e. The number of H-pyrrole nitrogens is 1. The minimum Gasteiger partial charge on any atom is -0.356 e. The van der Waals surface area contributed by atoms with E-state index in [4.69, 9.17) is 4.52 Å². The van der Waals surface area contributed by atoms with Gasteiger partial charge in [0.2, 0.25) is 0 Å². The molecule has 1 aromatic carbocycles. The Kier molecular flexibility index (Phi) is 2.40. The summed E-state index contributed by atoms with van der Waals surface area (Å²) in [5.41, 5.74) is 2.76. The first-order valence-corrected chi connectivity index (χ1v) is 6.45. The van der Waals surface area contributed by atoms with Gasteiger partial charge in [-0.05, 0) is 25.3 Å². The van der Waals surface area contributed by atoms with Gasteiger partial charge in [-0.2, -0.15) is 0 Å². The molecule has 86 valence electrons. The molecule has 0 aliphatic carbocycles. The SMILES string of the molecule is CSc1ccc(-c2cnc(C)[nH]2)c2oncc12. The highest BCUT2D eigenvalue weighted by Crippen LogP contribution is 2.33. The molecule has 0 saturated heterocycles. The molecule has 0 aliphatic rings. The lowest BCUT2D eigenvalue weighted by atomic mass is 10.1. The van der Waals surface area contributed by atoms with E-state index >= 15 is 0 Å². The average Bonchev–Trinajstić information content (AvgIpc) is 2.96. The number of aryl methyl sites for hydroxylation is 1. The highest BCUT2D eigenvalue weighted by Gasteiger charge is 2.12. The molecule has 5 heteroatoms. The molecule has 0 spiro atoms. The summed E-state index contributed by atoms with van der Waals surface area (Å²) < 4.78 is 5.34. The molecule has 0 amide bonds. The van der Waals surface area contributed by atoms with Crippen LogP contribution in [0.4, 0.5) is 0 Å². The van der Waals surface area contributed by atoms with Crippen molar-refractivity contribution < 1.29 is 4.52 Å². The second-order valence-corrected chi connectivity index (χ2v) is 4.61. The van der Waals surface area contributed by atoms with Crippen molar-refractivity contribution in [3.05, 3.63) is 30.4 Å². The normalized spacial score (nSPS) is 11.2. The number of fused-ring (bicyclic) bond motifs is 1. The predicted octanol–water partition coefficient (Wildman–Crippen LogP) is 3.25. The first-order chi connectivity index (χ1) is 8.29. The Morgan fingerprint density at radius 3 is 2.88 bits per heavy atom. The van der Waals surface area contributed by atoms with Crippen molar-refractivity contribution in [3.63, 3.8) is 0 Å². The summed E-state index contributed by atoms with van der Waals surface area (Å²) in [6.45, 7) is 1.93. The number of nitrogens with zero attached hydrogens (tertiary/aromatic N) is 2. The molecule has 0 bridgehead atoms. The first-order valence-electron chi connectivity index (χ1n) is 5.23. The molecular formula is C12H11N3OS. The number of aromatic amines is 1. The second-order valence-electron chi connectivity index (χ2n) is 3.77. The van der Waals surface area contributed by atoms with E-state index < -0.39 is 0 Å². The summed E-state index contributed by atoms with van der Waals surface area (Å²) in [7, 11) is 0. The van der Waals surface area contributed by atoms with Crippen LogP contribution < -0.4 is 0 Å². The Morgan fingerprint density at radius 2 is 2.18 bits per heavy atom. The van der Waals surface area contributed by atoms with E-state index in [9.17, 15) is 0 Å². The zero-order valence-electron chi connectivity index (χ0n) is 9.52. The van der Waals surface area contributed by atoms with Gasteiger partial charge in [-0.15, -0.1) is 11.8 Å². The van der Waals surface area contributed by atoms with E-state index in [2.05, 4.69) is 21.2 Å². The van der Waals surface area contributed by atoms with Crippen LogP contribution >= 0.6 is 11.8 Å². The lowest BCUT2D eigenvalue weighted by Gasteiger charge is -2.01. The van der Waals surface area contributed by atoms with Gasteiger partial charge in [-0.3, -0.25) is 0 Å². The number of benzene rings is 1. The summed E-state index contributed by atoms with van der Waals surface area (Å²) in [6.07, 6.45) is 5.61. The summed E-state index contributed by atoms with van der Waals surface area (Å²) in [5.74, 6) is 0.890. The molecular weight excluding hydrogens is 234 g/mol. The zero-order valence-corrected chi connectivity index (χ0v) is 10.3. The van der Waals surface area contributed by atoms with Crippen LogP contribution in [0, 0.1) is 6.92 Å². The Balaban J connectivity index is 2.27. The quantitative estimate of drug-likeness (QED) is 0.704. The number of aromatic nitrogens is 3. The first kappa shape index (κ1) is 10.4. The van der Waals surface area contributed by atoms with Crippen LogP contribution in [0.15, 0.2) is 33.9 Å². The van der Waals surface area contributed by atoms with Gasteiger partial charge in [0.25, 0.3) is 0 Å². The Morgan fingerprint density at radius 1 is 1.29 bits per heavy atom. The number of thioether (sulfide) groups is 1. The third-order valence-electron chi connectivity index (χ3n) is 2.69. The van der Waals surface area contributed by atoms with Crippen LogP contribution in [-0.4, -0.2) is 21.4 Å². The third-order valence-corrected chi connectivity index (χ3v) is 3.49. The number of hydrogen-bond acceptors (Lipinski definition) is 4. The molecule has 0 radical (unpaired) electrons. The van der Waals surface area contributed by atoms with Crippen LogP contribution in [0.3, 0.4) is 0 Å². The lowest BCUT2D eigenvalue weighted by Crippen LogP contribution is -1.81. The molecule has 3 rings (SSSR count). The highest BCUT2D eigenvalue weighted by molar-refractivity contribution is 7.98. The van der Waals surface area contributed by atoms with E-state index in [1.807, 2.05) is 25.4 Å². The minimum atomic E-state index is 0.806. The molecule has 0 atom stereocenters. The van der Waals surface area contributed by atoms with E-state index in [0.717, 1.165) is 28.1 Å². The molecule has 0 aliphatic heterocycles. The van der Waals surface area contributed by atoms with Crippen LogP contribution in [0.1, 0.15) is 5.82 Å². The molecule has 0 fully saturated rings. The Labute approximate surface area is 102 Å². The smallest absolute Gasteiger partial charge is 0.177 e. The number of hydrogen-bond donors (Lipinski definition) is 1. The Hall–Kier alpha value is -1.75. The molecule has 2 aromatic heterocycles. The monoisotopic (exact) mass is 245 g/mol. The van der Waals surface area contributed by atoms with Crippen molar-refractivity contribution in [1.29, 1.82) is 0 Å². The van der Waals surface area contributed by atoms with Gasteiger partial charge in [0.1, 0.15) is 5.82 Å². The van der Waals surface area contributed by atoms with Crippen molar-refractivity contribution in [1.82, 2.24) is 15.1 Å². The predicted molar refractivity (Wildman–Crippen MR) is 68.1 cm³/mol.